The lowest BCUT2D eigenvalue weighted by Gasteiger charge is -2.31. The topological polar surface area (TPSA) is 58.9 Å². The minimum absolute atomic E-state index is 0.0559. The summed E-state index contributed by atoms with van der Waals surface area (Å²) in [7, 11) is -3.04. The highest BCUT2D eigenvalue weighted by molar-refractivity contribution is 7.91. The first-order valence-electron chi connectivity index (χ1n) is 9.94. The summed E-state index contributed by atoms with van der Waals surface area (Å²) in [4.78, 5) is 16.3. The number of amides is 1. The fraction of sp³-hybridized carbons (Fsp3) is 0.409. The third-order valence-corrected chi connectivity index (χ3v) is 7.62. The largest absolute Gasteiger partial charge is 0.329 e. The number of hydrogen-bond acceptors (Lipinski definition) is 3. The number of hydrogen-bond donors (Lipinski definition) is 1. The molecular weight excluding hydrogens is 372 g/mol. The first-order chi connectivity index (χ1) is 13.5. The summed E-state index contributed by atoms with van der Waals surface area (Å²) in [6, 6.07) is 18.1. The number of benzene rings is 2. The van der Waals surface area contributed by atoms with Crippen LogP contribution in [0, 0.1) is 0 Å². The number of sulfone groups is 1. The van der Waals surface area contributed by atoms with Crippen LogP contribution in [0.2, 0.25) is 0 Å². The maximum Gasteiger partial charge on any atom is 0.278 e. The second kappa shape index (κ2) is 8.05. The average Bonchev–Trinajstić information content (AvgIpc) is 3.06. The number of carbonyl (C=O) groups is 1. The van der Waals surface area contributed by atoms with E-state index in [9.17, 15) is 13.2 Å². The molecule has 5 nitrogen and oxygen atoms in total. The number of quaternary nitrogens is 1. The van der Waals surface area contributed by atoms with Crippen molar-refractivity contribution in [3.63, 3.8) is 0 Å². The molecule has 2 heterocycles. The van der Waals surface area contributed by atoms with Gasteiger partial charge in [0.15, 0.2) is 16.4 Å². The summed E-state index contributed by atoms with van der Waals surface area (Å²) in [5.41, 5.74) is 3.73. The number of nitrogens with one attached hydrogen (secondary N) is 1. The van der Waals surface area contributed by atoms with Gasteiger partial charge in [0.05, 0.1) is 18.1 Å². The molecule has 148 valence electrons. The van der Waals surface area contributed by atoms with Crippen LogP contribution in [-0.2, 0) is 34.1 Å². The lowest BCUT2D eigenvalue weighted by molar-refractivity contribution is -0.908. The van der Waals surface area contributed by atoms with Crippen molar-refractivity contribution in [2.45, 2.75) is 32.0 Å². The third-order valence-electron chi connectivity index (χ3n) is 5.87. The first kappa shape index (κ1) is 19.2. The molecule has 2 aromatic carbocycles. The standard InChI is InChI=1S/C22H26N2O3S/c25-22(16-23-12-10-19-8-4-5-9-20(19)15-23)24(14-18-6-2-1-3-7-18)21-11-13-28(26,27)17-21/h1-9,21H,10-17H2/p+1/t21-/m1/s1. The van der Waals surface area contributed by atoms with Gasteiger partial charge in [-0.2, -0.15) is 0 Å². The van der Waals surface area contributed by atoms with E-state index in [1.807, 2.05) is 35.2 Å². The molecular formula is C22H27N2O3S+. The highest BCUT2D eigenvalue weighted by Gasteiger charge is 2.36. The molecule has 0 spiro atoms. The van der Waals surface area contributed by atoms with Gasteiger partial charge in [0.1, 0.15) is 6.54 Å². The average molecular weight is 400 g/mol. The fourth-order valence-corrected chi connectivity index (χ4v) is 6.06. The van der Waals surface area contributed by atoms with E-state index in [2.05, 4.69) is 24.3 Å². The quantitative estimate of drug-likeness (QED) is 0.811. The molecule has 1 N–H and O–H groups in total. The van der Waals surface area contributed by atoms with Gasteiger partial charge in [-0.3, -0.25) is 4.79 Å². The first-order valence-corrected chi connectivity index (χ1v) is 11.8. The zero-order chi connectivity index (χ0) is 19.6. The van der Waals surface area contributed by atoms with E-state index >= 15 is 0 Å². The maximum atomic E-state index is 13.2. The molecule has 1 unspecified atom stereocenters. The van der Waals surface area contributed by atoms with Gasteiger partial charge in [0.2, 0.25) is 0 Å². The molecule has 2 aromatic rings. The van der Waals surface area contributed by atoms with Gasteiger partial charge in [-0.1, -0.05) is 54.6 Å². The summed E-state index contributed by atoms with van der Waals surface area (Å²) in [6.07, 6.45) is 1.52. The molecule has 1 saturated heterocycles. The normalized spacial score (nSPS) is 23.1. The minimum atomic E-state index is -3.04. The molecule has 0 bridgehead atoms. The van der Waals surface area contributed by atoms with E-state index in [1.54, 1.807) is 0 Å². The summed E-state index contributed by atoms with van der Waals surface area (Å²) in [5.74, 6) is 0.324. The van der Waals surface area contributed by atoms with Crippen LogP contribution in [0.15, 0.2) is 54.6 Å². The molecule has 1 amide bonds. The van der Waals surface area contributed by atoms with Crippen LogP contribution in [-0.4, -0.2) is 49.9 Å². The zero-order valence-corrected chi connectivity index (χ0v) is 16.8. The van der Waals surface area contributed by atoms with Crippen LogP contribution in [0.5, 0.6) is 0 Å². The van der Waals surface area contributed by atoms with Crippen molar-refractivity contribution in [2.24, 2.45) is 0 Å². The van der Waals surface area contributed by atoms with E-state index in [1.165, 1.54) is 16.0 Å². The van der Waals surface area contributed by atoms with Gasteiger partial charge in [0, 0.05) is 24.6 Å². The van der Waals surface area contributed by atoms with Crippen LogP contribution in [0.25, 0.3) is 0 Å². The second-order valence-electron chi connectivity index (χ2n) is 7.94. The van der Waals surface area contributed by atoms with E-state index in [4.69, 9.17) is 0 Å². The molecule has 0 radical (unpaired) electrons. The van der Waals surface area contributed by atoms with E-state index in [0.717, 1.165) is 25.1 Å². The molecule has 2 atom stereocenters. The van der Waals surface area contributed by atoms with Crippen molar-refractivity contribution < 1.29 is 18.1 Å². The summed E-state index contributed by atoms with van der Waals surface area (Å²) in [5, 5.41) is 0. The monoisotopic (exact) mass is 399 g/mol. The number of rotatable bonds is 5. The summed E-state index contributed by atoms with van der Waals surface area (Å²) in [6.45, 7) is 2.68. The molecule has 6 heteroatoms. The Morgan fingerprint density at radius 3 is 2.46 bits per heavy atom. The SMILES string of the molecule is O=C(C[NH+]1CCc2ccccc2C1)N(Cc1ccccc1)[C@@H]1CCS(=O)(=O)C1. The van der Waals surface area contributed by atoms with Gasteiger partial charge in [-0.15, -0.1) is 0 Å². The number of fused-ring (bicyclic) bond motifs is 1. The Hall–Kier alpha value is -2.18. The van der Waals surface area contributed by atoms with E-state index < -0.39 is 9.84 Å². The molecule has 0 saturated carbocycles. The van der Waals surface area contributed by atoms with Crippen LogP contribution in [0.4, 0.5) is 0 Å². The second-order valence-corrected chi connectivity index (χ2v) is 10.2. The van der Waals surface area contributed by atoms with Gasteiger partial charge in [-0.05, 0) is 17.5 Å². The predicted molar refractivity (Wildman–Crippen MR) is 109 cm³/mol. The lowest BCUT2D eigenvalue weighted by atomic mass is 10.00. The lowest BCUT2D eigenvalue weighted by Crippen LogP contribution is -3.12. The zero-order valence-electron chi connectivity index (χ0n) is 16.0. The number of carbonyl (C=O) groups excluding carboxylic acids is 1. The Balaban J connectivity index is 1.48. The van der Waals surface area contributed by atoms with E-state index in [0.29, 0.717) is 19.5 Å². The van der Waals surface area contributed by atoms with Gasteiger partial charge < -0.3 is 9.80 Å². The summed E-state index contributed by atoms with van der Waals surface area (Å²) >= 11 is 0. The highest BCUT2D eigenvalue weighted by Crippen LogP contribution is 2.20. The van der Waals surface area contributed by atoms with Crippen molar-refractivity contribution in [1.82, 2.24) is 4.90 Å². The Kier molecular flexibility index (Phi) is 5.51. The molecule has 1 fully saturated rings. The fourth-order valence-electron chi connectivity index (χ4n) is 4.33. The highest BCUT2D eigenvalue weighted by atomic mass is 32.2. The van der Waals surface area contributed by atoms with Crippen molar-refractivity contribution in [1.29, 1.82) is 0 Å². The Morgan fingerprint density at radius 1 is 1.04 bits per heavy atom. The molecule has 2 aliphatic heterocycles. The molecule has 28 heavy (non-hydrogen) atoms. The Morgan fingerprint density at radius 2 is 1.75 bits per heavy atom. The van der Waals surface area contributed by atoms with Crippen LogP contribution in [0.1, 0.15) is 23.1 Å². The third kappa shape index (κ3) is 4.45. The van der Waals surface area contributed by atoms with Crippen LogP contribution in [0.3, 0.4) is 0 Å². The van der Waals surface area contributed by atoms with Gasteiger partial charge in [-0.25, -0.2) is 8.42 Å². The van der Waals surface area contributed by atoms with Crippen LogP contribution >= 0.6 is 0 Å². The Labute approximate surface area is 166 Å². The predicted octanol–water partition coefficient (Wildman–Crippen LogP) is 0.844. The van der Waals surface area contributed by atoms with Crippen molar-refractivity contribution >= 4 is 15.7 Å². The summed E-state index contributed by atoms with van der Waals surface area (Å²) < 4.78 is 24.0. The smallest absolute Gasteiger partial charge is 0.278 e. The Bertz CT molecular complexity index is 943. The molecule has 2 aliphatic rings. The van der Waals surface area contributed by atoms with Gasteiger partial charge in [0.25, 0.3) is 5.91 Å². The van der Waals surface area contributed by atoms with E-state index in [-0.39, 0.29) is 23.5 Å². The van der Waals surface area contributed by atoms with Crippen molar-refractivity contribution in [2.75, 3.05) is 24.6 Å². The van der Waals surface area contributed by atoms with Crippen molar-refractivity contribution in [3.8, 4) is 0 Å². The molecule has 0 aliphatic carbocycles. The van der Waals surface area contributed by atoms with Crippen molar-refractivity contribution in [3.05, 3.63) is 71.3 Å². The minimum Gasteiger partial charge on any atom is -0.329 e. The molecule has 4 rings (SSSR count). The maximum absolute atomic E-state index is 13.2. The number of nitrogens with zero attached hydrogens (tertiary/aromatic N) is 1. The molecule has 0 aromatic heterocycles. The van der Waals surface area contributed by atoms with Crippen LogP contribution < -0.4 is 4.90 Å². The van der Waals surface area contributed by atoms with Gasteiger partial charge >= 0.3 is 0 Å².